The molecule has 2 nitrogen and oxygen atoms in total. The average molecular weight is 227 g/mol. The molecule has 1 aromatic rings. The molecule has 14 heavy (non-hydrogen) atoms. The molecule has 0 unspecified atom stereocenters. The van der Waals surface area contributed by atoms with Crippen LogP contribution in [0.25, 0.3) is 5.70 Å². The van der Waals surface area contributed by atoms with E-state index in [0.29, 0.717) is 15.7 Å². The lowest BCUT2D eigenvalue weighted by molar-refractivity contribution is 0.981. The van der Waals surface area contributed by atoms with Crippen LogP contribution in [-0.2, 0) is 0 Å². The molecule has 0 atom stereocenters. The van der Waals surface area contributed by atoms with Crippen molar-refractivity contribution in [2.24, 2.45) is 0 Å². The average Bonchev–Trinajstić information content (AvgIpc) is 2.23. The van der Waals surface area contributed by atoms with Gasteiger partial charge in [0, 0.05) is 12.7 Å². The predicted octanol–water partition coefficient (Wildman–Crippen LogP) is 2.89. The van der Waals surface area contributed by atoms with Gasteiger partial charge in [0.15, 0.2) is 0 Å². The van der Waals surface area contributed by atoms with Crippen molar-refractivity contribution in [1.29, 1.82) is 0 Å². The van der Waals surface area contributed by atoms with Crippen molar-refractivity contribution in [1.82, 2.24) is 10.3 Å². The van der Waals surface area contributed by atoms with Crippen LogP contribution >= 0.6 is 23.2 Å². The number of rotatable bonds is 1. The Hall–Kier alpha value is -0.990. The molecule has 0 saturated heterocycles. The summed E-state index contributed by atoms with van der Waals surface area (Å²) in [5, 5.41) is 4.18. The number of halogens is 2. The summed E-state index contributed by atoms with van der Waals surface area (Å²) in [7, 11) is 0. The summed E-state index contributed by atoms with van der Waals surface area (Å²) in [6.07, 6.45) is 7.55. The topological polar surface area (TPSA) is 24.9 Å². The van der Waals surface area contributed by atoms with Crippen molar-refractivity contribution in [3.05, 3.63) is 46.2 Å². The first-order valence-corrected chi connectivity index (χ1v) is 4.95. The largest absolute Gasteiger partial charge is 0.380 e. The van der Waals surface area contributed by atoms with Crippen molar-refractivity contribution in [3.8, 4) is 0 Å². The summed E-state index contributed by atoms with van der Waals surface area (Å²) < 4.78 is 0. The van der Waals surface area contributed by atoms with Crippen LogP contribution in [0.3, 0.4) is 0 Å². The van der Waals surface area contributed by atoms with Gasteiger partial charge in [0.05, 0.1) is 15.7 Å². The van der Waals surface area contributed by atoms with Crippen LogP contribution in [-0.4, -0.2) is 11.5 Å². The van der Waals surface area contributed by atoms with E-state index in [0.717, 1.165) is 12.2 Å². The Morgan fingerprint density at radius 3 is 2.93 bits per heavy atom. The van der Waals surface area contributed by atoms with E-state index in [-0.39, 0.29) is 0 Å². The van der Waals surface area contributed by atoms with Gasteiger partial charge < -0.3 is 5.32 Å². The lowest BCUT2D eigenvalue weighted by atomic mass is 10.2. The molecule has 1 N–H and O–H groups in total. The van der Waals surface area contributed by atoms with Gasteiger partial charge >= 0.3 is 0 Å². The second kappa shape index (κ2) is 4.03. The maximum atomic E-state index is 6.03. The fourth-order valence-corrected chi connectivity index (χ4v) is 1.59. The van der Waals surface area contributed by atoms with Crippen LogP contribution in [0.2, 0.25) is 10.0 Å². The monoisotopic (exact) mass is 226 g/mol. The van der Waals surface area contributed by atoms with Crippen molar-refractivity contribution >= 4 is 28.9 Å². The number of nitrogens with one attached hydrogen (secondary N) is 1. The molecule has 1 aliphatic heterocycles. The highest BCUT2D eigenvalue weighted by molar-refractivity contribution is 6.42. The first kappa shape index (κ1) is 9.56. The Balaban J connectivity index is 2.45. The maximum absolute atomic E-state index is 6.03. The van der Waals surface area contributed by atoms with E-state index in [1.165, 1.54) is 0 Å². The van der Waals surface area contributed by atoms with Gasteiger partial charge in [0.2, 0.25) is 0 Å². The van der Waals surface area contributed by atoms with Gasteiger partial charge in [0.25, 0.3) is 0 Å². The molecule has 0 bridgehead atoms. The van der Waals surface area contributed by atoms with Crippen LogP contribution in [0.5, 0.6) is 0 Å². The molecule has 0 fully saturated rings. The highest BCUT2D eigenvalue weighted by Crippen LogP contribution is 2.27. The van der Waals surface area contributed by atoms with Crippen molar-refractivity contribution in [2.45, 2.75) is 0 Å². The lowest BCUT2D eigenvalue weighted by Crippen LogP contribution is -2.15. The van der Waals surface area contributed by atoms with E-state index < -0.39 is 0 Å². The molecule has 0 radical (unpaired) electrons. The third kappa shape index (κ3) is 1.76. The van der Waals surface area contributed by atoms with Crippen molar-refractivity contribution < 1.29 is 0 Å². The van der Waals surface area contributed by atoms with E-state index >= 15 is 0 Å². The van der Waals surface area contributed by atoms with Gasteiger partial charge in [-0.3, -0.25) is 4.98 Å². The third-order valence-corrected chi connectivity index (χ3v) is 2.70. The molecular formula is C10H8Cl2N2. The van der Waals surface area contributed by atoms with Crippen molar-refractivity contribution in [2.75, 3.05) is 6.54 Å². The van der Waals surface area contributed by atoms with Gasteiger partial charge in [-0.25, -0.2) is 0 Å². The molecule has 4 heteroatoms. The zero-order chi connectivity index (χ0) is 9.97. The first-order chi connectivity index (χ1) is 6.79. The van der Waals surface area contributed by atoms with Crippen LogP contribution in [0, 0.1) is 0 Å². The Labute approximate surface area is 92.2 Å². The molecule has 72 valence electrons. The molecule has 0 spiro atoms. The molecule has 1 aliphatic rings. The van der Waals surface area contributed by atoms with E-state index in [4.69, 9.17) is 23.2 Å². The van der Waals surface area contributed by atoms with Gasteiger partial charge in [-0.2, -0.15) is 0 Å². The second-order valence-corrected chi connectivity index (χ2v) is 3.63. The minimum Gasteiger partial charge on any atom is -0.380 e. The minimum absolute atomic E-state index is 0.489. The number of pyridine rings is 1. The second-order valence-electron chi connectivity index (χ2n) is 2.84. The van der Waals surface area contributed by atoms with Crippen molar-refractivity contribution in [3.63, 3.8) is 0 Å². The SMILES string of the molecule is Clc1ccnc(C2=CC=CCN2)c1Cl. The highest BCUT2D eigenvalue weighted by Gasteiger charge is 2.10. The normalized spacial score (nSPS) is 14.9. The predicted molar refractivity (Wildman–Crippen MR) is 59.4 cm³/mol. The zero-order valence-electron chi connectivity index (χ0n) is 7.30. The number of hydrogen-bond donors (Lipinski definition) is 1. The third-order valence-electron chi connectivity index (χ3n) is 1.91. The van der Waals surface area contributed by atoms with Crippen LogP contribution < -0.4 is 5.32 Å². The molecule has 0 aromatic carbocycles. The molecule has 2 rings (SSSR count). The van der Waals surface area contributed by atoms with Gasteiger partial charge in [0.1, 0.15) is 5.69 Å². The van der Waals surface area contributed by atoms with Crippen LogP contribution in [0.1, 0.15) is 5.69 Å². The standard InChI is InChI=1S/C10H8Cl2N2/c11-7-4-6-14-10(9(7)12)8-3-1-2-5-13-8/h1-4,6,13H,5H2. The van der Waals surface area contributed by atoms with E-state index in [1.54, 1.807) is 12.3 Å². The number of dihydropyridines is 1. The zero-order valence-corrected chi connectivity index (χ0v) is 8.81. The summed E-state index contributed by atoms with van der Waals surface area (Å²) in [5.74, 6) is 0. The van der Waals surface area contributed by atoms with Gasteiger partial charge in [-0.05, 0) is 12.1 Å². The molecule has 0 amide bonds. The van der Waals surface area contributed by atoms with E-state index in [1.807, 2.05) is 18.2 Å². The van der Waals surface area contributed by atoms with Gasteiger partial charge in [-0.1, -0.05) is 35.4 Å². The lowest BCUT2D eigenvalue weighted by Gasteiger charge is -2.12. The summed E-state index contributed by atoms with van der Waals surface area (Å²) >= 11 is 11.9. The Kier molecular flexibility index (Phi) is 2.75. The van der Waals surface area contributed by atoms with Crippen LogP contribution in [0.15, 0.2) is 30.5 Å². The van der Waals surface area contributed by atoms with E-state index in [9.17, 15) is 0 Å². The summed E-state index contributed by atoms with van der Waals surface area (Å²) in [4.78, 5) is 4.18. The Morgan fingerprint density at radius 2 is 2.21 bits per heavy atom. The number of aromatic nitrogens is 1. The molecular weight excluding hydrogens is 219 g/mol. The Morgan fingerprint density at radius 1 is 1.36 bits per heavy atom. The molecule has 0 aliphatic carbocycles. The van der Waals surface area contributed by atoms with Crippen LogP contribution in [0.4, 0.5) is 0 Å². The fourth-order valence-electron chi connectivity index (χ4n) is 1.23. The number of hydrogen-bond acceptors (Lipinski definition) is 2. The quantitative estimate of drug-likeness (QED) is 0.797. The molecule has 0 saturated carbocycles. The fraction of sp³-hybridized carbons (Fsp3) is 0.100. The molecule has 1 aromatic heterocycles. The van der Waals surface area contributed by atoms with E-state index in [2.05, 4.69) is 10.3 Å². The summed E-state index contributed by atoms with van der Waals surface area (Å²) in [6, 6.07) is 1.67. The smallest absolute Gasteiger partial charge is 0.106 e. The minimum atomic E-state index is 0.489. The number of allylic oxidation sites excluding steroid dienone is 2. The number of nitrogens with zero attached hydrogens (tertiary/aromatic N) is 1. The highest BCUT2D eigenvalue weighted by atomic mass is 35.5. The summed E-state index contributed by atoms with van der Waals surface area (Å²) in [5.41, 5.74) is 1.60. The van der Waals surface area contributed by atoms with Gasteiger partial charge in [-0.15, -0.1) is 0 Å². The molecule has 2 heterocycles. The first-order valence-electron chi connectivity index (χ1n) is 4.20. The maximum Gasteiger partial charge on any atom is 0.106 e. The Bertz CT molecular complexity index is 411. The summed E-state index contributed by atoms with van der Waals surface area (Å²) in [6.45, 7) is 0.788.